The quantitative estimate of drug-likeness (QED) is 0.875. The van der Waals surface area contributed by atoms with Crippen molar-refractivity contribution in [3.63, 3.8) is 0 Å². The second kappa shape index (κ2) is 6.75. The van der Waals surface area contributed by atoms with Crippen LogP contribution < -0.4 is 15.4 Å². The standard InChI is InChI=1S/C14H19ClN2O4S/c1-9-5-12(13(21-2)6-11(9)15)17-14(18)16-7-10-3-4-22(19,20)8-10/h5-6,10H,3-4,7-8H2,1-2H3,(H2,16,17,18). The van der Waals surface area contributed by atoms with E-state index in [0.717, 1.165) is 5.56 Å². The van der Waals surface area contributed by atoms with E-state index in [1.165, 1.54) is 7.11 Å². The average Bonchev–Trinajstić information content (AvgIpc) is 2.80. The van der Waals surface area contributed by atoms with Gasteiger partial charge in [-0.05, 0) is 30.9 Å². The van der Waals surface area contributed by atoms with Gasteiger partial charge in [0.25, 0.3) is 0 Å². The molecule has 6 nitrogen and oxygen atoms in total. The highest BCUT2D eigenvalue weighted by Crippen LogP contribution is 2.30. The van der Waals surface area contributed by atoms with Crippen molar-refractivity contribution in [1.82, 2.24) is 5.32 Å². The fourth-order valence-corrected chi connectivity index (χ4v) is 4.38. The Morgan fingerprint density at radius 1 is 1.45 bits per heavy atom. The number of amides is 2. The van der Waals surface area contributed by atoms with Crippen LogP contribution in [0.5, 0.6) is 5.75 Å². The van der Waals surface area contributed by atoms with E-state index in [-0.39, 0.29) is 17.4 Å². The number of ether oxygens (including phenoxy) is 1. The van der Waals surface area contributed by atoms with Crippen LogP contribution in [-0.2, 0) is 9.84 Å². The van der Waals surface area contributed by atoms with E-state index in [1.807, 2.05) is 6.92 Å². The molecule has 0 aliphatic carbocycles. The van der Waals surface area contributed by atoms with Gasteiger partial charge in [0.05, 0.1) is 24.3 Å². The molecule has 1 atom stereocenters. The Hall–Kier alpha value is -1.47. The van der Waals surface area contributed by atoms with Crippen molar-refractivity contribution in [3.05, 3.63) is 22.7 Å². The van der Waals surface area contributed by atoms with Gasteiger partial charge >= 0.3 is 6.03 Å². The Morgan fingerprint density at radius 2 is 2.18 bits per heavy atom. The normalized spacial score (nSPS) is 19.7. The van der Waals surface area contributed by atoms with Gasteiger partial charge < -0.3 is 15.4 Å². The van der Waals surface area contributed by atoms with Crippen LogP contribution in [0, 0.1) is 12.8 Å². The topological polar surface area (TPSA) is 84.5 Å². The summed E-state index contributed by atoms with van der Waals surface area (Å²) in [5.74, 6) is 0.778. The highest BCUT2D eigenvalue weighted by molar-refractivity contribution is 7.91. The first-order valence-corrected chi connectivity index (χ1v) is 9.10. The number of methoxy groups -OCH3 is 1. The lowest BCUT2D eigenvalue weighted by atomic mass is 10.1. The summed E-state index contributed by atoms with van der Waals surface area (Å²) in [6.07, 6.45) is 0.589. The summed E-state index contributed by atoms with van der Waals surface area (Å²) >= 11 is 6.01. The highest BCUT2D eigenvalue weighted by atomic mass is 35.5. The van der Waals surface area contributed by atoms with Crippen molar-refractivity contribution in [2.24, 2.45) is 5.92 Å². The van der Waals surface area contributed by atoms with Gasteiger partial charge in [-0.15, -0.1) is 0 Å². The Morgan fingerprint density at radius 3 is 2.77 bits per heavy atom. The van der Waals surface area contributed by atoms with Crippen LogP contribution in [-0.4, -0.2) is 39.6 Å². The van der Waals surface area contributed by atoms with Crippen molar-refractivity contribution >= 4 is 33.2 Å². The van der Waals surface area contributed by atoms with Crippen LogP contribution in [0.4, 0.5) is 10.5 Å². The van der Waals surface area contributed by atoms with Crippen molar-refractivity contribution in [1.29, 1.82) is 0 Å². The lowest BCUT2D eigenvalue weighted by Crippen LogP contribution is -2.33. The zero-order chi connectivity index (χ0) is 16.3. The fourth-order valence-electron chi connectivity index (χ4n) is 2.37. The molecule has 1 aromatic carbocycles. The second-order valence-electron chi connectivity index (χ2n) is 5.41. The van der Waals surface area contributed by atoms with Crippen LogP contribution >= 0.6 is 11.6 Å². The van der Waals surface area contributed by atoms with E-state index in [1.54, 1.807) is 12.1 Å². The van der Waals surface area contributed by atoms with E-state index in [9.17, 15) is 13.2 Å². The number of hydrogen-bond acceptors (Lipinski definition) is 4. The monoisotopic (exact) mass is 346 g/mol. The lowest BCUT2D eigenvalue weighted by Gasteiger charge is -2.14. The van der Waals surface area contributed by atoms with E-state index < -0.39 is 15.9 Å². The van der Waals surface area contributed by atoms with E-state index in [0.29, 0.717) is 29.4 Å². The molecule has 1 heterocycles. The van der Waals surface area contributed by atoms with Gasteiger partial charge in [-0.2, -0.15) is 0 Å². The van der Waals surface area contributed by atoms with E-state index in [2.05, 4.69) is 10.6 Å². The van der Waals surface area contributed by atoms with Gasteiger partial charge in [0.15, 0.2) is 9.84 Å². The van der Waals surface area contributed by atoms with Gasteiger partial charge in [-0.25, -0.2) is 13.2 Å². The number of sulfone groups is 1. The summed E-state index contributed by atoms with van der Waals surface area (Å²) in [5.41, 5.74) is 1.33. The molecule has 1 aliphatic heterocycles. The van der Waals surface area contributed by atoms with Crippen LogP contribution in [0.15, 0.2) is 12.1 Å². The first-order chi connectivity index (χ1) is 10.3. The minimum Gasteiger partial charge on any atom is -0.495 e. The highest BCUT2D eigenvalue weighted by Gasteiger charge is 2.27. The molecule has 22 heavy (non-hydrogen) atoms. The maximum atomic E-state index is 11.9. The van der Waals surface area contributed by atoms with Crippen LogP contribution in [0.1, 0.15) is 12.0 Å². The molecule has 122 valence electrons. The van der Waals surface area contributed by atoms with Gasteiger partial charge in [-0.1, -0.05) is 11.6 Å². The molecule has 0 spiro atoms. The molecule has 1 aliphatic rings. The summed E-state index contributed by atoms with van der Waals surface area (Å²) in [6, 6.07) is 2.96. The predicted octanol–water partition coefficient (Wildman–Crippen LogP) is 2.21. The number of carbonyl (C=O) groups is 1. The maximum Gasteiger partial charge on any atom is 0.319 e. The molecule has 0 bridgehead atoms. The van der Waals surface area contributed by atoms with Crippen molar-refractivity contribution < 1.29 is 17.9 Å². The number of nitrogens with one attached hydrogen (secondary N) is 2. The molecule has 8 heteroatoms. The van der Waals surface area contributed by atoms with Crippen molar-refractivity contribution in [3.8, 4) is 5.75 Å². The Balaban J connectivity index is 1.94. The first-order valence-electron chi connectivity index (χ1n) is 6.90. The van der Waals surface area contributed by atoms with Crippen LogP contribution in [0.2, 0.25) is 5.02 Å². The number of benzene rings is 1. The molecular weight excluding hydrogens is 328 g/mol. The van der Waals surface area contributed by atoms with Gasteiger partial charge in [0.2, 0.25) is 0 Å². The Labute approximate surface area is 135 Å². The Kier molecular flexibility index (Phi) is 5.18. The zero-order valence-electron chi connectivity index (χ0n) is 12.5. The molecule has 0 aromatic heterocycles. The molecule has 1 saturated heterocycles. The third-order valence-electron chi connectivity index (χ3n) is 3.61. The number of urea groups is 1. The van der Waals surface area contributed by atoms with E-state index >= 15 is 0 Å². The Bertz CT molecular complexity index is 676. The predicted molar refractivity (Wildman–Crippen MR) is 86.5 cm³/mol. The van der Waals surface area contributed by atoms with Crippen molar-refractivity contribution in [2.75, 3.05) is 30.5 Å². The number of carbonyl (C=O) groups excluding carboxylic acids is 1. The fraction of sp³-hybridized carbons (Fsp3) is 0.500. The SMILES string of the molecule is COc1cc(Cl)c(C)cc1NC(=O)NCC1CCS(=O)(=O)C1. The molecule has 2 N–H and O–H groups in total. The summed E-state index contributed by atoms with van der Waals surface area (Å²) in [6.45, 7) is 2.16. The second-order valence-corrected chi connectivity index (χ2v) is 8.04. The lowest BCUT2D eigenvalue weighted by molar-refractivity contribution is 0.250. The summed E-state index contributed by atoms with van der Waals surface area (Å²) < 4.78 is 27.9. The molecule has 0 saturated carbocycles. The van der Waals surface area contributed by atoms with E-state index in [4.69, 9.17) is 16.3 Å². The molecule has 1 fully saturated rings. The number of halogens is 1. The molecule has 2 rings (SSSR count). The first kappa shape index (κ1) is 16.9. The summed E-state index contributed by atoms with van der Waals surface area (Å²) in [4.78, 5) is 11.9. The molecule has 1 unspecified atom stereocenters. The number of rotatable bonds is 4. The zero-order valence-corrected chi connectivity index (χ0v) is 14.1. The number of hydrogen-bond donors (Lipinski definition) is 2. The minimum absolute atomic E-state index is 0.0235. The van der Waals surface area contributed by atoms with Crippen LogP contribution in [0.3, 0.4) is 0 Å². The maximum absolute atomic E-state index is 11.9. The van der Waals surface area contributed by atoms with Crippen molar-refractivity contribution in [2.45, 2.75) is 13.3 Å². The molecule has 0 radical (unpaired) electrons. The smallest absolute Gasteiger partial charge is 0.319 e. The third-order valence-corrected chi connectivity index (χ3v) is 5.85. The molecule has 2 amide bonds. The van der Waals surface area contributed by atoms with Gasteiger partial charge in [0.1, 0.15) is 5.75 Å². The van der Waals surface area contributed by atoms with Gasteiger partial charge in [0, 0.05) is 17.6 Å². The number of aryl methyl sites for hydroxylation is 1. The number of anilines is 1. The third kappa shape index (κ3) is 4.27. The largest absolute Gasteiger partial charge is 0.495 e. The average molecular weight is 347 g/mol. The summed E-state index contributed by atoms with van der Waals surface area (Å²) in [5, 5.41) is 5.94. The molecule has 1 aromatic rings. The minimum atomic E-state index is -2.93. The summed E-state index contributed by atoms with van der Waals surface area (Å²) in [7, 11) is -1.44. The van der Waals surface area contributed by atoms with Gasteiger partial charge in [-0.3, -0.25) is 0 Å². The van der Waals surface area contributed by atoms with Crippen LogP contribution in [0.25, 0.3) is 0 Å². The molecular formula is C14H19ClN2O4S.